The lowest BCUT2D eigenvalue weighted by molar-refractivity contribution is 0.478. The highest BCUT2D eigenvalue weighted by Gasteiger charge is 2.15. The van der Waals surface area contributed by atoms with Gasteiger partial charge in [0.1, 0.15) is 5.82 Å². The molecule has 1 atom stereocenters. The number of nitrogens with one attached hydrogen (secondary N) is 4. The standard InChI is InChI=1S/C18H23N7O2S/c1-19-28(26,27)15-6-4-13(5-7-15)22-16-11-17(23-14-3-2-8-20-12-14)24-25-10-9-21-18(16)25/h4-7,9-11,14,19-20,22H,2-3,8,12H2,1H3,(H,23,24)/t14-/m0/s1. The number of hydrogen-bond donors (Lipinski definition) is 4. The van der Waals surface area contributed by atoms with Crippen molar-refractivity contribution >= 4 is 32.9 Å². The van der Waals surface area contributed by atoms with Gasteiger partial charge in [0.2, 0.25) is 10.0 Å². The first-order chi connectivity index (χ1) is 13.5. The van der Waals surface area contributed by atoms with E-state index in [4.69, 9.17) is 0 Å². The van der Waals surface area contributed by atoms with Gasteiger partial charge in [-0.15, -0.1) is 5.10 Å². The molecule has 1 aliphatic heterocycles. The van der Waals surface area contributed by atoms with Crippen LogP contribution in [0.5, 0.6) is 0 Å². The molecule has 0 aliphatic carbocycles. The van der Waals surface area contributed by atoms with Crippen LogP contribution in [0.25, 0.3) is 5.65 Å². The van der Waals surface area contributed by atoms with Gasteiger partial charge in [-0.1, -0.05) is 0 Å². The lowest BCUT2D eigenvalue weighted by Gasteiger charge is -2.24. The predicted octanol–water partition coefficient (Wildman–Crippen LogP) is 1.54. The number of piperidine rings is 1. The molecule has 1 saturated heterocycles. The third kappa shape index (κ3) is 3.93. The molecule has 2 aromatic heterocycles. The van der Waals surface area contributed by atoms with E-state index in [9.17, 15) is 8.42 Å². The zero-order valence-electron chi connectivity index (χ0n) is 15.5. The topological polar surface area (TPSA) is 112 Å². The molecule has 9 nitrogen and oxygen atoms in total. The average molecular weight is 401 g/mol. The molecule has 1 aromatic carbocycles. The van der Waals surface area contributed by atoms with E-state index in [2.05, 4.69) is 30.8 Å². The fraction of sp³-hybridized carbons (Fsp3) is 0.333. The van der Waals surface area contributed by atoms with Gasteiger partial charge in [0.05, 0.1) is 10.6 Å². The Morgan fingerprint density at radius 3 is 2.79 bits per heavy atom. The van der Waals surface area contributed by atoms with Gasteiger partial charge in [-0.05, 0) is 50.7 Å². The van der Waals surface area contributed by atoms with Crippen LogP contribution in [0.3, 0.4) is 0 Å². The summed E-state index contributed by atoms with van der Waals surface area (Å²) in [6, 6.07) is 8.83. The summed E-state index contributed by atoms with van der Waals surface area (Å²) in [6.07, 6.45) is 5.73. The summed E-state index contributed by atoms with van der Waals surface area (Å²) in [4.78, 5) is 4.58. The van der Waals surface area contributed by atoms with Crippen LogP contribution in [-0.4, -0.2) is 49.2 Å². The summed E-state index contributed by atoms with van der Waals surface area (Å²) in [7, 11) is -2.06. The van der Waals surface area contributed by atoms with Crippen LogP contribution in [0.2, 0.25) is 0 Å². The molecule has 0 amide bonds. The van der Waals surface area contributed by atoms with Crippen molar-refractivity contribution in [2.24, 2.45) is 0 Å². The molecule has 148 valence electrons. The molecule has 0 spiro atoms. The first-order valence-electron chi connectivity index (χ1n) is 9.17. The van der Waals surface area contributed by atoms with Crippen LogP contribution >= 0.6 is 0 Å². The molecule has 0 radical (unpaired) electrons. The van der Waals surface area contributed by atoms with E-state index in [0.29, 0.717) is 11.7 Å². The quantitative estimate of drug-likeness (QED) is 0.496. The fourth-order valence-corrected chi connectivity index (χ4v) is 3.98. The summed E-state index contributed by atoms with van der Waals surface area (Å²) < 4.78 is 27.8. The van der Waals surface area contributed by atoms with Crippen LogP contribution < -0.4 is 20.7 Å². The summed E-state index contributed by atoms with van der Waals surface area (Å²) in [5.74, 6) is 0.760. The van der Waals surface area contributed by atoms with Crippen molar-refractivity contribution < 1.29 is 8.42 Å². The molecule has 1 fully saturated rings. The maximum Gasteiger partial charge on any atom is 0.240 e. The normalized spacial score (nSPS) is 17.5. The van der Waals surface area contributed by atoms with Crippen molar-refractivity contribution in [2.75, 3.05) is 30.8 Å². The number of nitrogens with zero attached hydrogens (tertiary/aromatic N) is 3. The third-order valence-electron chi connectivity index (χ3n) is 4.72. The Kier molecular flexibility index (Phi) is 5.16. The number of fused-ring (bicyclic) bond motifs is 1. The van der Waals surface area contributed by atoms with Gasteiger partial charge in [-0.2, -0.15) is 0 Å². The lowest BCUT2D eigenvalue weighted by atomic mass is 10.1. The smallest absolute Gasteiger partial charge is 0.240 e. The van der Waals surface area contributed by atoms with E-state index in [1.807, 2.05) is 6.07 Å². The van der Waals surface area contributed by atoms with Crippen molar-refractivity contribution in [1.82, 2.24) is 24.6 Å². The molecule has 4 N–H and O–H groups in total. The average Bonchev–Trinajstić information content (AvgIpc) is 3.18. The minimum absolute atomic E-state index is 0.216. The zero-order chi connectivity index (χ0) is 19.6. The summed E-state index contributed by atoms with van der Waals surface area (Å²) in [6.45, 7) is 1.96. The molecule has 0 bridgehead atoms. The molecule has 3 heterocycles. The summed E-state index contributed by atoms with van der Waals surface area (Å²) in [5, 5.41) is 14.8. The summed E-state index contributed by atoms with van der Waals surface area (Å²) in [5.41, 5.74) is 2.24. The molecule has 1 aliphatic rings. The van der Waals surface area contributed by atoms with Crippen molar-refractivity contribution in [1.29, 1.82) is 0 Å². The number of imidazole rings is 1. The molecule has 0 saturated carbocycles. The number of benzene rings is 1. The van der Waals surface area contributed by atoms with E-state index in [1.54, 1.807) is 41.2 Å². The third-order valence-corrected chi connectivity index (χ3v) is 6.15. The Labute approximate surface area is 163 Å². The lowest BCUT2D eigenvalue weighted by Crippen LogP contribution is -2.38. The second-order valence-corrected chi connectivity index (χ2v) is 8.57. The van der Waals surface area contributed by atoms with E-state index in [-0.39, 0.29) is 4.90 Å². The summed E-state index contributed by atoms with van der Waals surface area (Å²) >= 11 is 0. The van der Waals surface area contributed by atoms with Crippen LogP contribution in [0.1, 0.15) is 12.8 Å². The molecule has 3 aromatic rings. The number of sulfonamides is 1. The highest BCUT2D eigenvalue weighted by molar-refractivity contribution is 7.89. The molecular formula is C18H23N7O2S. The van der Waals surface area contributed by atoms with Crippen LogP contribution in [0.4, 0.5) is 17.2 Å². The second-order valence-electron chi connectivity index (χ2n) is 6.68. The van der Waals surface area contributed by atoms with Gasteiger partial charge in [-0.3, -0.25) is 0 Å². The van der Waals surface area contributed by atoms with Crippen molar-refractivity contribution in [2.45, 2.75) is 23.8 Å². The highest BCUT2D eigenvalue weighted by atomic mass is 32.2. The monoisotopic (exact) mass is 401 g/mol. The minimum atomic E-state index is -3.46. The van der Waals surface area contributed by atoms with Crippen molar-refractivity contribution in [3.05, 3.63) is 42.7 Å². The maximum atomic E-state index is 11.9. The number of hydrogen-bond acceptors (Lipinski definition) is 7. The minimum Gasteiger partial charge on any atom is -0.365 e. The number of aromatic nitrogens is 3. The highest BCUT2D eigenvalue weighted by Crippen LogP contribution is 2.24. The fourth-order valence-electron chi connectivity index (χ4n) is 3.25. The van der Waals surface area contributed by atoms with E-state index < -0.39 is 10.0 Å². The van der Waals surface area contributed by atoms with E-state index in [0.717, 1.165) is 43.1 Å². The van der Waals surface area contributed by atoms with Crippen molar-refractivity contribution in [3.8, 4) is 0 Å². The SMILES string of the molecule is CNS(=O)(=O)c1ccc(Nc2cc(N[C@H]3CCCNC3)nn3ccnc23)cc1. The molecule has 28 heavy (non-hydrogen) atoms. The molecule has 4 rings (SSSR count). The van der Waals surface area contributed by atoms with Crippen LogP contribution in [0.15, 0.2) is 47.6 Å². The first-order valence-corrected chi connectivity index (χ1v) is 10.7. The molecular weight excluding hydrogens is 378 g/mol. The molecule has 0 unspecified atom stereocenters. The Balaban J connectivity index is 1.59. The maximum absolute atomic E-state index is 11.9. The van der Waals surface area contributed by atoms with Gasteiger partial charge in [0, 0.05) is 36.7 Å². The Hall–Kier alpha value is -2.69. The Morgan fingerprint density at radius 1 is 1.25 bits per heavy atom. The number of anilines is 3. The number of rotatable bonds is 6. The van der Waals surface area contributed by atoms with Gasteiger partial charge in [0.15, 0.2) is 5.65 Å². The van der Waals surface area contributed by atoms with Crippen LogP contribution in [-0.2, 0) is 10.0 Å². The predicted molar refractivity (Wildman–Crippen MR) is 108 cm³/mol. The van der Waals surface area contributed by atoms with Gasteiger partial charge >= 0.3 is 0 Å². The first kappa shape index (κ1) is 18.7. The van der Waals surface area contributed by atoms with Gasteiger partial charge in [-0.25, -0.2) is 22.6 Å². The van der Waals surface area contributed by atoms with Crippen molar-refractivity contribution in [3.63, 3.8) is 0 Å². The Bertz CT molecular complexity index is 1060. The Morgan fingerprint density at radius 2 is 2.07 bits per heavy atom. The van der Waals surface area contributed by atoms with Crippen LogP contribution in [0, 0.1) is 0 Å². The largest absolute Gasteiger partial charge is 0.365 e. The second kappa shape index (κ2) is 7.74. The zero-order valence-corrected chi connectivity index (χ0v) is 16.3. The van der Waals surface area contributed by atoms with E-state index in [1.165, 1.54) is 7.05 Å². The molecule has 10 heteroatoms. The van der Waals surface area contributed by atoms with Gasteiger partial charge in [0.25, 0.3) is 0 Å². The van der Waals surface area contributed by atoms with Gasteiger partial charge < -0.3 is 16.0 Å². The van der Waals surface area contributed by atoms with E-state index >= 15 is 0 Å².